The summed E-state index contributed by atoms with van der Waals surface area (Å²) in [6.07, 6.45) is 3.16. The molecular weight excluding hydrogens is 424 g/mol. The summed E-state index contributed by atoms with van der Waals surface area (Å²) in [6, 6.07) is 10.2. The fraction of sp³-hybridized carbons (Fsp3) is 0.480. The summed E-state index contributed by atoms with van der Waals surface area (Å²) in [5, 5.41) is 0. The first-order valence-electron chi connectivity index (χ1n) is 11.0. The number of aryl methyl sites for hydroxylation is 1. The highest BCUT2D eigenvalue weighted by Gasteiger charge is 2.20. The Morgan fingerprint density at radius 1 is 1.26 bits per heavy atom. The number of nitrogens with zero attached hydrogens (tertiary/aromatic N) is 1. The van der Waals surface area contributed by atoms with Crippen molar-refractivity contribution < 1.29 is 9.53 Å². The van der Waals surface area contributed by atoms with E-state index in [1.807, 2.05) is 19.1 Å². The van der Waals surface area contributed by atoms with Crippen molar-refractivity contribution in [2.24, 2.45) is 0 Å². The van der Waals surface area contributed by atoms with Crippen molar-refractivity contribution >= 4 is 39.6 Å². The van der Waals surface area contributed by atoms with Gasteiger partial charge in [-0.25, -0.2) is 4.98 Å². The second-order valence-corrected chi connectivity index (χ2v) is 10.8. The first kappa shape index (κ1) is 23.6. The highest BCUT2D eigenvalue weighted by molar-refractivity contribution is 7.73. The van der Waals surface area contributed by atoms with Gasteiger partial charge in [0.15, 0.2) is 3.95 Å². The van der Waals surface area contributed by atoms with Gasteiger partial charge in [0, 0.05) is 29.0 Å². The van der Waals surface area contributed by atoms with Crippen molar-refractivity contribution in [2.75, 3.05) is 6.61 Å². The van der Waals surface area contributed by atoms with Gasteiger partial charge >= 0.3 is 0 Å². The maximum Gasteiger partial charge on any atom is 0.216 e. The Labute approximate surface area is 194 Å². The van der Waals surface area contributed by atoms with E-state index in [1.54, 1.807) is 11.3 Å². The predicted molar refractivity (Wildman–Crippen MR) is 132 cm³/mol. The van der Waals surface area contributed by atoms with Crippen LogP contribution < -0.4 is 4.74 Å². The maximum atomic E-state index is 13.0. The molecule has 3 aromatic rings. The number of pyridine rings is 1. The number of nitrogens with one attached hydrogen (secondary N) is 1. The van der Waals surface area contributed by atoms with Crippen LogP contribution in [0, 0.1) is 3.95 Å². The predicted octanol–water partition coefficient (Wildman–Crippen LogP) is 7.14. The molecule has 0 radical (unpaired) electrons. The lowest BCUT2D eigenvalue weighted by Gasteiger charge is -2.20. The Hall–Kier alpha value is -2.05. The van der Waals surface area contributed by atoms with Gasteiger partial charge in [-0.15, -0.1) is 11.3 Å². The van der Waals surface area contributed by atoms with Gasteiger partial charge in [0.25, 0.3) is 0 Å². The zero-order valence-corrected chi connectivity index (χ0v) is 20.7. The number of ketones is 1. The van der Waals surface area contributed by atoms with E-state index in [4.69, 9.17) is 21.9 Å². The number of aromatic nitrogens is 2. The molecular formula is C25H32N2O2S2. The standard InChI is InChI=1S/C25H32N2O2S2/c1-6-7-14-29-23-17(10-13-22(27-23)25(3,4)5)9-12-20(28)16(2)18-8-11-19-21(15-18)31-24(30)26-19/h8,10-11,13,15-16H,6-7,9,12,14H2,1-5H3,(H,26,30). The van der Waals surface area contributed by atoms with E-state index in [-0.39, 0.29) is 17.1 Å². The summed E-state index contributed by atoms with van der Waals surface area (Å²) in [7, 11) is 0. The summed E-state index contributed by atoms with van der Waals surface area (Å²) in [5.74, 6) is 0.735. The van der Waals surface area contributed by atoms with E-state index in [0.717, 1.165) is 43.8 Å². The Balaban J connectivity index is 1.73. The number of benzene rings is 1. The van der Waals surface area contributed by atoms with Crippen LogP contribution in [0.5, 0.6) is 5.88 Å². The zero-order chi connectivity index (χ0) is 22.6. The quantitative estimate of drug-likeness (QED) is 0.275. The summed E-state index contributed by atoms with van der Waals surface area (Å²) in [6.45, 7) is 11.2. The molecule has 1 unspecified atom stereocenters. The van der Waals surface area contributed by atoms with Gasteiger partial charge in [-0.05, 0) is 48.8 Å². The molecule has 0 saturated heterocycles. The monoisotopic (exact) mass is 456 g/mol. The molecule has 2 aromatic heterocycles. The summed E-state index contributed by atoms with van der Waals surface area (Å²) < 4.78 is 7.86. The van der Waals surface area contributed by atoms with Crippen LogP contribution in [0.1, 0.15) is 76.6 Å². The average Bonchev–Trinajstić information content (AvgIpc) is 3.10. The van der Waals surface area contributed by atoms with Crippen LogP contribution in [0.15, 0.2) is 30.3 Å². The van der Waals surface area contributed by atoms with Crippen molar-refractivity contribution in [3.8, 4) is 5.88 Å². The number of Topliss-reactive ketones (excluding diaryl/α,β-unsaturated/α-hetero) is 1. The number of H-pyrrole nitrogens is 1. The first-order valence-corrected chi connectivity index (χ1v) is 12.2. The lowest BCUT2D eigenvalue weighted by Crippen LogP contribution is -2.16. The number of ether oxygens (including phenoxy) is 1. The van der Waals surface area contributed by atoms with Crippen LogP contribution in [-0.2, 0) is 16.6 Å². The van der Waals surface area contributed by atoms with Gasteiger partial charge in [0.2, 0.25) is 5.88 Å². The first-order chi connectivity index (χ1) is 14.7. The van der Waals surface area contributed by atoms with E-state index >= 15 is 0 Å². The molecule has 1 atom stereocenters. The Morgan fingerprint density at radius 2 is 2.03 bits per heavy atom. The van der Waals surface area contributed by atoms with E-state index in [9.17, 15) is 4.79 Å². The average molecular weight is 457 g/mol. The fourth-order valence-electron chi connectivity index (χ4n) is 3.41. The molecule has 3 rings (SSSR count). The Kier molecular flexibility index (Phi) is 7.65. The number of hydrogen-bond acceptors (Lipinski definition) is 5. The number of carbonyl (C=O) groups is 1. The smallest absolute Gasteiger partial charge is 0.216 e. The molecule has 0 aliphatic carbocycles. The molecule has 0 fully saturated rings. The van der Waals surface area contributed by atoms with Crippen LogP contribution in [0.25, 0.3) is 10.2 Å². The van der Waals surface area contributed by atoms with Crippen LogP contribution in [0.3, 0.4) is 0 Å². The minimum absolute atomic E-state index is 0.0471. The second kappa shape index (κ2) is 10.0. The number of rotatable bonds is 9. The molecule has 31 heavy (non-hydrogen) atoms. The SMILES string of the molecule is CCCCOc1nc(C(C)(C)C)ccc1CCC(=O)C(C)c1ccc2[nH]c(=S)sc2c1. The number of aromatic amines is 1. The molecule has 0 aliphatic heterocycles. The third kappa shape index (κ3) is 6.01. The van der Waals surface area contributed by atoms with Crippen molar-refractivity contribution in [3.05, 3.63) is 51.1 Å². The summed E-state index contributed by atoms with van der Waals surface area (Å²) >= 11 is 6.77. The van der Waals surface area contributed by atoms with Gasteiger partial charge in [0.05, 0.1) is 16.8 Å². The minimum Gasteiger partial charge on any atom is -0.477 e. The molecule has 0 saturated carbocycles. The molecule has 0 amide bonds. The molecule has 2 heterocycles. The Bertz CT molecular complexity index is 1110. The van der Waals surface area contributed by atoms with Crippen LogP contribution in [0.4, 0.5) is 0 Å². The molecule has 0 bridgehead atoms. The number of fused-ring (bicyclic) bond motifs is 1. The van der Waals surface area contributed by atoms with Crippen molar-refractivity contribution in [3.63, 3.8) is 0 Å². The van der Waals surface area contributed by atoms with Crippen molar-refractivity contribution in [1.29, 1.82) is 0 Å². The van der Waals surface area contributed by atoms with E-state index < -0.39 is 0 Å². The molecule has 6 heteroatoms. The molecule has 1 N–H and O–H groups in total. The normalized spacial score (nSPS) is 12.8. The molecule has 166 valence electrons. The highest BCUT2D eigenvalue weighted by Crippen LogP contribution is 2.28. The topological polar surface area (TPSA) is 55.0 Å². The lowest BCUT2D eigenvalue weighted by atomic mass is 9.90. The lowest BCUT2D eigenvalue weighted by molar-refractivity contribution is -0.120. The fourth-order valence-corrected chi connectivity index (χ4v) is 4.57. The maximum absolute atomic E-state index is 13.0. The van der Waals surface area contributed by atoms with E-state index in [1.165, 1.54) is 0 Å². The summed E-state index contributed by atoms with van der Waals surface area (Å²) in [4.78, 5) is 20.9. The third-order valence-electron chi connectivity index (χ3n) is 5.51. The number of carbonyl (C=O) groups excluding carboxylic acids is 1. The van der Waals surface area contributed by atoms with Gasteiger partial charge in [0.1, 0.15) is 5.78 Å². The van der Waals surface area contributed by atoms with Crippen LogP contribution in [0.2, 0.25) is 0 Å². The third-order valence-corrected chi connectivity index (χ3v) is 6.71. The van der Waals surface area contributed by atoms with Crippen molar-refractivity contribution in [2.45, 2.75) is 71.6 Å². The van der Waals surface area contributed by atoms with Crippen LogP contribution in [-0.4, -0.2) is 22.4 Å². The van der Waals surface area contributed by atoms with Crippen molar-refractivity contribution in [1.82, 2.24) is 9.97 Å². The zero-order valence-electron chi connectivity index (χ0n) is 19.1. The largest absolute Gasteiger partial charge is 0.477 e. The summed E-state index contributed by atoms with van der Waals surface area (Å²) in [5.41, 5.74) is 4.02. The second-order valence-electron chi connectivity index (χ2n) is 9.07. The molecule has 0 aliphatic rings. The molecule has 1 aromatic carbocycles. The molecule has 4 nitrogen and oxygen atoms in total. The molecule has 0 spiro atoms. The van der Waals surface area contributed by atoms with E-state index in [2.05, 4.69) is 50.9 Å². The Morgan fingerprint density at radius 3 is 2.74 bits per heavy atom. The minimum atomic E-state index is -0.161. The number of unbranched alkanes of at least 4 members (excludes halogenated alkanes) is 1. The van der Waals surface area contributed by atoms with Crippen LogP contribution >= 0.6 is 23.6 Å². The van der Waals surface area contributed by atoms with Gasteiger partial charge in [-0.1, -0.05) is 53.2 Å². The van der Waals surface area contributed by atoms with Gasteiger partial charge in [-0.2, -0.15) is 0 Å². The van der Waals surface area contributed by atoms with Gasteiger partial charge < -0.3 is 9.72 Å². The van der Waals surface area contributed by atoms with Gasteiger partial charge in [-0.3, -0.25) is 4.79 Å². The number of thiazole rings is 1. The number of hydrogen-bond donors (Lipinski definition) is 1. The van der Waals surface area contributed by atoms with E-state index in [0.29, 0.717) is 25.3 Å². The highest BCUT2D eigenvalue weighted by atomic mass is 32.1.